The molecule has 1 heterocycles. The van der Waals surface area contributed by atoms with E-state index in [9.17, 15) is 0 Å². The van der Waals surface area contributed by atoms with Crippen molar-refractivity contribution in [1.29, 1.82) is 0 Å². The van der Waals surface area contributed by atoms with Crippen LogP contribution in [0.5, 0.6) is 0 Å². The Hall–Kier alpha value is -1.15. The molecular formula is C14H21N2+. The molecule has 16 heavy (non-hydrogen) atoms. The Morgan fingerprint density at radius 3 is 2.88 bits per heavy atom. The molecule has 0 atom stereocenters. The fraction of sp³-hybridized carbons (Fsp3) is 0.500. The van der Waals surface area contributed by atoms with Crippen molar-refractivity contribution < 1.29 is 4.58 Å². The summed E-state index contributed by atoms with van der Waals surface area (Å²) in [6.07, 6.45) is 4.74. The SMILES string of the molecule is CN(C)CCC[N+]1=Cc2ccccc2CC1. The van der Waals surface area contributed by atoms with Crippen LogP contribution in [0.25, 0.3) is 0 Å². The van der Waals surface area contributed by atoms with Gasteiger partial charge < -0.3 is 4.90 Å². The van der Waals surface area contributed by atoms with Crippen molar-refractivity contribution in [3.63, 3.8) is 0 Å². The van der Waals surface area contributed by atoms with Gasteiger partial charge in [0.2, 0.25) is 0 Å². The maximum atomic E-state index is 2.45. The minimum atomic E-state index is 1.17. The maximum absolute atomic E-state index is 2.45. The lowest BCUT2D eigenvalue weighted by atomic mass is 10.0. The zero-order chi connectivity index (χ0) is 11.4. The Labute approximate surface area is 98.2 Å². The zero-order valence-corrected chi connectivity index (χ0v) is 10.3. The summed E-state index contributed by atoms with van der Waals surface area (Å²) in [6, 6.07) is 8.71. The molecule has 2 nitrogen and oxygen atoms in total. The van der Waals surface area contributed by atoms with Crippen molar-refractivity contribution in [2.45, 2.75) is 12.8 Å². The molecule has 2 rings (SSSR count). The summed E-state index contributed by atoms with van der Waals surface area (Å²) in [4.78, 5) is 2.25. The van der Waals surface area contributed by atoms with Gasteiger partial charge in [-0.25, -0.2) is 4.58 Å². The zero-order valence-electron chi connectivity index (χ0n) is 10.3. The van der Waals surface area contributed by atoms with Gasteiger partial charge in [0.1, 0.15) is 13.1 Å². The van der Waals surface area contributed by atoms with Gasteiger partial charge in [0.25, 0.3) is 0 Å². The quantitative estimate of drug-likeness (QED) is 0.695. The number of hydrogen-bond donors (Lipinski definition) is 0. The number of nitrogens with zero attached hydrogens (tertiary/aromatic N) is 2. The van der Waals surface area contributed by atoms with E-state index in [1.807, 2.05) is 0 Å². The lowest BCUT2D eigenvalue weighted by Crippen LogP contribution is -2.25. The third-order valence-corrected chi connectivity index (χ3v) is 3.10. The smallest absolute Gasteiger partial charge is 0.170 e. The Morgan fingerprint density at radius 2 is 2.06 bits per heavy atom. The Balaban J connectivity index is 1.96. The number of hydrogen-bond acceptors (Lipinski definition) is 1. The molecular weight excluding hydrogens is 196 g/mol. The molecule has 0 saturated carbocycles. The standard InChI is InChI=1S/C14H21N2/c1-15(2)9-5-10-16-11-8-13-6-3-4-7-14(13)12-16/h3-4,6-7,12H,5,8-11H2,1-2H3/q+1. The average molecular weight is 217 g/mol. The summed E-state index contributed by atoms with van der Waals surface area (Å²) in [6.45, 7) is 3.52. The maximum Gasteiger partial charge on any atom is 0.170 e. The molecule has 0 bridgehead atoms. The molecule has 2 heteroatoms. The molecule has 1 aromatic rings. The van der Waals surface area contributed by atoms with Gasteiger partial charge in [0.05, 0.1) is 0 Å². The van der Waals surface area contributed by atoms with Gasteiger partial charge in [-0.3, -0.25) is 0 Å². The second kappa shape index (κ2) is 5.26. The molecule has 0 radical (unpaired) electrons. The van der Waals surface area contributed by atoms with Crippen LogP contribution in [0, 0.1) is 0 Å². The van der Waals surface area contributed by atoms with Crippen LogP contribution in [0.15, 0.2) is 24.3 Å². The van der Waals surface area contributed by atoms with E-state index in [-0.39, 0.29) is 0 Å². The first-order chi connectivity index (χ1) is 7.75. The van der Waals surface area contributed by atoms with Gasteiger partial charge in [-0.15, -0.1) is 0 Å². The van der Waals surface area contributed by atoms with E-state index in [0.717, 1.165) is 0 Å². The van der Waals surface area contributed by atoms with Crippen LogP contribution < -0.4 is 0 Å². The van der Waals surface area contributed by atoms with Crippen LogP contribution in [0.4, 0.5) is 0 Å². The van der Waals surface area contributed by atoms with E-state index in [0.29, 0.717) is 0 Å². The highest BCUT2D eigenvalue weighted by Crippen LogP contribution is 2.11. The number of benzene rings is 1. The molecule has 0 aliphatic carbocycles. The summed E-state index contributed by atoms with van der Waals surface area (Å²) in [7, 11) is 4.27. The topological polar surface area (TPSA) is 6.25 Å². The summed E-state index contributed by atoms with van der Waals surface area (Å²) in [5.41, 5.74) is 2.89. The highest BCUT2D eigenvalue weighted by atomic mass is 15.1. The molecule has 0 aromatic heterocycles. The molecule has 0 unspecified atom stereocenters. The summed E-state index contributed by atoms with van der Waals surface area (Å²) < 4.78 is 2.45. The minimum absolute atomic E-state index is 1.17. The Kier molecular flexibility index (Phi) is 3.73. The minimum Gasteiger partial charge on any atom is -0.309 e. The molecule has 0 spiro atoms. The highest BCUT2D eigenvalue weighted by Gasteiger charge is 2.14. The van der Waals surface area contributed by atoms with E-state index >= 15 is 0 Å². The molecule has 0 amide bonds. The van der Waals surface area contributed by atoms with Gasteiger partial charge in [0, 0.05) is 24.9 Å². The third-order valence-electron chi connectivity index (χ3n) is 3.10. The van der Waals surface area contributed by atoms with Crippen molar-refractivity contribution in [3.8, 4) is 0 Å². The van der Waals surface area contributed by atoms with Gasteiger partial charge >= 0.3 is 0 Å². The summed E-state index contributed by atoms with van der Waals surface area (Å²) >= 11 is 0. The molecule has 0 saturated heterocycles. The first-order valence-corrected chi connectivity index (χ1v) is 6.07. The lowest BCUT2D eigenvalue weighted by Gasteiger charge is -2.13. The summed E-state index contributed by atoms with van der Waals surface area (Å²) in [5.74, 6) is 0. The van der Waals surface area contributed by atoms with E-state index < -0.39 is 0 Å². The van der Waals surface area contributed by atoms with Crippen molar-refractivity contribution in [1.82, 2.24) is 4.90 Å². The van der Waals surface area contributed by atoms with Crippen LogP contribution in [0.2, 0.25) is 0 Å². The fourth-order valence-corrected chi connectivity index (χ4v) is 2.18. The molecule has 1 aliphatic heterocycles. The summed E-state index contributed by atoms with van der Waals surface area (Å²) in [5, 5.41) is 0. The average Bonchev–Trinajstić information content (AvgIpc) is 2.28. The van der Waals surface area contributed by atoms with Crippen LogP contribution in [-0.2, 0) is 6.42 Å². The first kappa shape index (κ1) is 11.3. The van der Waals surface area contributed by atoms with Gasteiger partial charge in [-0.05, 0) is 25.7 Å². The van der Waals surface area contributed by atoms with Crippen LogP contribution in [0.1, 0.15) is 17.5 Å². The molecule has 1 aromatic carbocycles. The van der Waals surface area contributed by atoms with Crippen LogP contribution in [-0.4, -0.2) is 49.4 Å². The predicted octanol–water partition coefficient (Wildman–Crippen LogP) is 1.63. The van der Waals surface area contributed by atoms with E-state index in [1.165, 1.54) is 43.6 Å². The van der Waals surface area contributed by atoms with Gasteiger partial charge in [-0.2, -0.15) is 0 Å². The van der Waals surface area contributed by atoms with E-state index in [4.69, 9.17) is 0 Å². The first-order valence-electron chi connectivity index (χ1n) is 6.07. The van der Waals surface area contributed by atoms with E-state index in [2.05, 4.69) is 54.1 Å². The van der Waals surface area contributed by atoms with Gasteiger partial charge in [-0.1, -0.05) is 18.2 Å². The molecule has 86 valence electrons. The monoisotopic (exact) mass is 217 g/mol. The fourth-order valence-electron chi connectivity index (χ4n) is 2.18. The molecule has 0 N–H and O–H groups in total. The Morgan fingerprint density at radius 1 is 1.25 bits per heavy atom. The van der Waals surface area contributed by atoms with Crippen molar-refractivity contribution in [2.24, 2.45) is 0 Å². The van der Waals surface area contributed by atoms with Crippen LogP contribution in [0.3, 0.4) is 0 Å². The van der Waals surface area contributed by atoms with Crippen molar-refractivity contribution >= 4 is 6.21 Å². The predicted molar refractivity (Wildman–Crippen MR) is 68.5 cm³/mol. The molecule has 1 aliphatic rings. The Bertz CT molecular complexity index is 380. The lowest BCUT2D eigenvalue weighted by molar-refractivity contribution is -0.524. The largest absolute Gasteiger partial charge is 0.309 e. The number of rotatable bonds is 4. The second-order valence-electron chi connectivity index (χ2n) is 4.77. The van der Waals surface area contributed by atoms with Crippen molar-refractivity contribution in [2.75, 3.05) is 33.7 Å². The molecule has 0 fully saturated rings. The second-order valence-corrected chi connectivity index (χ2v) is 4.77. The number of fused-ring (bicyclic) bond motifs is 1. The third kappa shape index (κ3) is 2.92. The van der Waals surface area contributed by atoms with Gasteiger partial charge in [0.15, 0.2) is 6.21 Å². The normalized spacial score (nSPS) is 14.8. The van der Waals surface area contributed by atoms with E-state index in [1.54, 1.807) is 0 Å². The van der Waals surface area contributed by atoms with Crippen LogP contribution >= 0.6 is 0 Å². The van der Waals surface area contributed by atoms with Crippen molar-refractivity contribution in [3.05, 3.63) is 35.4 Å². The highest BCUT2D eigenvalue weighted by molar-refractivity contribution is 5.78.